The van der Waals surface area contributed by atoms with Gasteiger partial charge >= 0.3 is 0 Å². The van der Waals surface area contributed by atoms with Gasteiger partial charge in [-0.15, -0.1) is 0 Å². The van der Waals surface area contributed by atoms with Gasteiger partial charge in [0.25, 0.3) is 0 Å². The Kier molecular flexibility index (Phi) is 4.86. The Balaban J connectivity index is 1.95. The second-order valence-corrected chi connectivity index (χ2v) is 5.33. The molecule has 1 aliphatic rings. The number of hydrogen-bond donors (Lipinski definition) is 0. The van der Waals surface area contributed by atoms with Crippen molar-refractivity contribution in [1.82, 2.24) is 0 Å². The molecule has 0 saturated heterocycles. The minimum Gasteiger partial charge on any atom is -0.504 e. The van der Waals surface area contributed by atoms with Gasteiger partial charge in [0.1, 0.15) is 0 Å². The fourth-order valence-corrected chi connectivity index (χ4v) is 2.93. The average molecular weight is 244 g/mol. The molecule has 0 heterocycles. The van der Waals surface area contributed by atoms with E-state index in [9.17, 15) is 0 Å². The summed E-state index contributed by atoms with van der Waals surface area (Å²) >= 11 is 0. The topological polar surface area (TPSA) is 9.23 Å². The van der Waals surface area contributed by atoms with Crippen molar-refractivity contribution in [2.45, 2.75) is 44.9 Å². The molecule has 0 atom stereocenters. The lowest BCUT2D eigenvalue weighted by atomic mass is 9.78. The molecule has 1 heteroatoms. The smallest absolute Gasteiger partial charge is 0.0830 e. The summed E-state index contributed by atoms with van der Waals surface area (Å²) in [6.45, 7) is 2.32. The van der Waals surface area contributed by atoms with Gasteiger partial charge in [-0.05, 0) is 54.7 Å². The summed E-state index contributed by atoms with van der Waals surface area (Å²) in [7, 11) is 1.68. The van der Waals surface area contributed by atoms with Crippen LogP contribution in [0.1, 0.15) is 56.1 Å². The highest BCUT2D eigenvalue weighted by atomic mass is 16.5. The molecule has 2 rings (SSSR count). The first-order valence-corrected chi connectivity index (χ1v) is 7.12. The molecule has 0 aliphatic heterocycles. The summed E-state index contributed by atoms with van der Waals surface area (Å²) < 4.78 is 4.94. The van der Waals surface area contributed by atoms with E-state index in [2.05, 4.69) is 31.2 Å². The molecule has 0 bridgehead atoms. The van der Waals surface area contributed by atoms with Crippen LogP contribution >= 0.6 is 0 Å². The van der Waals surface area contributed by atoms with E-state index < -0.39 is 0 Å². The van der Waals surface area contributed by atoms with E-state index in [1.54, 1.807) is 13.4 Å². The molecule has 0 amide bonds. The Morgan fingerprint density at radius 3 is 2.33 bits per heavy atom. The Bertz CT molecular complexity index is 369. The number of methoxy groups -OCH3 is 1. The Labute approximate surface area is 111 Å². The fourth-order valence-electron chi connectivity index (χ4n) is 2.93. The van der Waals surface area contributed by atoms with Crippen LogP contribution in [-0.2, 0) is 4.74 Å². The van der Waals surface area contributed by atoms with Crippen LogP contribution in [0.3, 0.4) is 0 Å². The van der Waals surface area contributed by atoms with Gasteiger partial charge in [-0.2, -0.15) is 0 Å². The molecule has 18 heavy (non-hydrogen) atoms. The van der Waals surface area contributed by atoms with E-state index in [1.165, 1.54) is 43.2 Å². The Morgan fingerprint density at radius 1 is 1.11 bits per heavy atom. The summed E-state index contributed by atoms with van der Waals surface area (Å²) in [6.07, 6.45) is 10.6. The van der Waals surface area contributed by atoms with Gasteiger partial charge in [0.15, 0.2) is 0 Å². The molecular weight excluding hydrogens is 220 g/mol. The fraction of sp³-hybridized carbons (Fsp3) is 0.529. The third-order valence-electron chi connectivity index (χ3n) is 4.23. The Morgan fingerprint density at radius 2 is 1.78 bits per heavy atom. The first kappa shape index (κ1) is 13.2. The number of benzene rings is 1. The van der Waals surface area contributed by atoms with E-state index in [0.717, 1.165) is 11.8 Å². The van der Waals surface area contributed by atoms with E-state index in [1.807, 2.05) is 6.08 Å². The van der Waals surface area contributed by atoms with Gasteiger partial charge < -0.3 is 4.74 Å². The van der Waals surface area contributed by atoms with Crippen LogP contribution in [0, 0.1) is 5.92 Å². The summed E-state index contributed by atoms with van der Waals surface area (Å²) in [5.74, 6) is 1.76. The van der Waals surface area contributed by atoms with Crippen LogP contribution in [0.25, 0.3) is 6.08 Å². The van der Waals surface area contributed by atoms with Crippen LogP contribution in [0.5, 0.6) is 0 Å². The molecular formula is C17H24O. The second kappa shape index (κ2) is 6.63. The molecule has 1 aliphatic carbocycles. The minimum atomic E-state index is 0.785. The third kappa shape index (κ3) is 3.38. The van der Waals surface area contributed by atoms with Gasteiger partial charge in [-0.3, -0.25) is 0 Å². The summed E-state index contributed by atoms with van der Waals surface area (Å²) in [4.78, 5) is 0. The first-order chi connectivity index (χ1) is 8.83. The highest BCUT2D eigenvalue weighted by molar-refractivity contribution is 5.48. The summed E-state index contributed by atoms with van der Waals surface area (Å²) in [5.41, 5.74) is 2.72. The Hall–Kier alpha value is -1.24. The van der Waals surface area contributed by atoms with Gasteiger partial charge in [0.2, 0.25) is 0 Å². The lowest BCUT2D eigenvalue weighted by Crippen LogP contribution is -2.12. The highest BCUT2D eigenvalue weighted by Crippen LogP contribution is 2.36. The van der Waals surface area contributed by atoms with Gasteiger partial charge in [0.05, 0.1) is 13.4 Å². The van der Waals surface area contributed by atoms with Gasteiger partial charge in [-0.1, -0.05) is 37.6 Å². The zero-order chi connectivity index (χ0) is 12.8. The number of hydrogen-bond acceptors (Lipinski definition) is 1. The quantitative estimate of drug-likeness (QED) is 0.678. The van der Waals surface area contributed by atoms with Crippen LogP contribution < -0.4 is 0 Å². The molecule has 0 N–H and O–H groups in total. The molecule has 98 valence electrons. The van der Waals surface area contributed by atoms with Crippen molar-refractivity contribution in [3.63, 3.8) is 0 Å². The van der Waals surface area contributed by atoms with Crippen LogP contribution in [0.15, 0.2) is 30.5 Å². The molecule has 1 nitrogen and oxygen atoms in total. The zero-order valence-corrected chi connectivity index (χ0v) is 11.6. The van der Waals surface area contributed by atoms with E-state index in [4.69, 9.17) is 4.74 Å². The predicted molar refractivity (Wildman–Crippen MR) is 77.5 cm³/mol. The van der Waals surface area contributed by atoms with Crippen molar-refractivity contribution >= 4 is 6.08 Å². The van der Waals surface area contributed by atoms with Crippen LogP contribution in [-0.4, -0.2) is 7.11 Å². The lowest BCUT2D eigenvalue weighted by Gasteiger charge is -2.28. The monoisotopic (exact) mass is 244 g/mol. The van der Waals surface area contributed by atoms with Crippen molar-refractivity contribution < 1.29 is 4.74 Å². The molecule has 1 aromatic rings. The summed E-state index contributed by atoms with van der Waals surface area (Å²) in [6, 6.07) is 8.95. The number of ether oxygens (including phenoxy) is 1. The molecule has 1 fully saturated rings. The SMILES string of the molecule is CCC1CCC(c2ccc(/C=C/OC)cc2)CC1. The van der Waals surface area contributed by atoms with Crippen molar-refractivity contribution in [3.05, 3.63) is 41.7 Å². The molecule has 1 aromatic carbocycles. The minimum absolute atomic E-state index is 0.785. The molecule has 0 aromatic heterocycles. The first-order valence-electron chi connectivity index (χ1n) is 7.12. The maximum atomic E-state index is 4.94. The molecule has 1 saturated carbocycles. The highest BCUT2D eigenvalue weighted by Gasteiger charge is 2.20. The van der Waals surface area contributed by atoms with E-state index in [0.29, 0.717) is 0 Å². The van der Waals surface area contributed by atoms with E-state index in [-0.39, 0.29) is 0 Å². The maximum Gasteiger partial charge on any atom is 0.0830 e. The second-order valence-electron chi connectivity index (χ2n) is 5.33. The molecule has 0 radical (unpaired) electrons. The zero-order valence-electron chi connectivity index (χ0n) is 11.6. The van der Waals surface area contributed by atoms with Crippen LogP contribution in [0.2, 0.25) is 0 Å². The van der Waals surface area contributed by atoms with Crippen molar-refractivity contribution in [3.8, 4) is 0 Å². The molecule has 0 unspecified atom stereocenters. The predicted octanol–water partition coefficient (Wildman–Crippen LogP) is 4.99. The van der Waals surface area contributed by atoms with Crippen LogP contribution in [0.4, 0.5) is 0 Å². The largest absolute Gasteiger partial charge is 0.504 e. The van der Waals surface area contributed by atoms with Gasteiger partial charge in [0, 0.05) is 0 Å². The third-order valence-corrected chi connectivity index (χ3v) is 4.23. The summed E-state index contributed by atoms with van der Waals surface area (Å²) in [5, 5.41) is 0. The van der Waals surface area contributed by atoms with Crippen molar-refractivity contribution in [2.75, 3.05) is 7.11 Å². The lowest BCUT2D eigenvalue weighted by molar-refractivity contribution is 0.319. The average Bonchev–Trinajstić information content (AvgIpc) is 2.46. The molecule has 0 spiro atoms. The van der Waals surface area contributed by atoms with E-state index >= 15 is 0 Å². The van der Waals surface area contributed by atoms with Crippen molar-refractivity contribution in [1.29, 1.82) is 0 Å². The standard InChI is InChI=1S/C17H24O/c1-3-14-4-8-16(9-5-14)17-10-6-15(7-11-17)12-13-18-2/h6-7,10-14,16H,3-5,8-9H2,1-2H3/b13-12+. The normalized spacial score (nSPS) is 24.3. The van der Waals surface area contributed by atoms with Crippen molar-refractivity contribution in [2.24, 2.45) is 5.92 Å². The maximum absolute atomic E-state index is 4.94. The number of rotatable bonds is 4. The van der Waals surface area contributed by atoms with Gasteiger partial charge in [-0.25, -0.2) is 0 Å².